The Morgan fingerprint density at radius 2 is 2.00 bits per heavy atom. The van der Waals surface area contributed by atoms with Crippen LogP contribution in [0.5, 0.6) is 0 Å². The van der Waals surface area contributed by atoms with Crippen LogP contribution in [0.1, 0.15) is 32.3 Å². The fourth-order valence-corrected chi connectivity index (χ4v) is 3.12. The zero-order valence-corrected chi connectivity index (χ0v) is 11.3. The van der Waals surface area contributed by atoms with Crippen molar-refractivity contribution in [3.63, 3.8) is 0 Å². The SMILES string of the molecule is CC1(C)COC2N1C(=O)CCC2(O)c1ccccc1. The van der Waals surface area contributed by atoms with Crippen molar-refractivity contribution in [3.05, 3.63) is 35.9 Å². The smallest absolute Gasteiger partial charge is 0.225 e. The van der Waals surface area contributed by atoms with Crippen LogP contribution in [-0.2, 0) is 15.1 Å². The third-order valence-electron chi connectivity index (χ3n) is 4.15. The number of piperidine rings is 1. The maximum Gasteiger partial charge on any atom is 0.225 e. The average Bonchev–Trinajstić information content (AvgIpc) is 2.73. The van der Waals surface area contributed by atoms with Crippen molar-refractivity contribution in [2.45, 2.75) is 44.1 Å². The lowest BCUT2D eigenvalue weighted by molar-refractivity contribution is -0.184. The zero-order valence-electron chi connectivity index (χ0n) is 11.3. The third-order valence-corrected chi connectivity index (χ3v) is 4.15. The topological polar surface area (TPSA) is 49.8 Å². The Balaban J connectivity index is 2.03. The van der Waals surface area contributed by atoms with Gasteiger partial charge >= 0.3 is 0 Å². The standard InChI is InChI=1S/C15H19NO3/c1-14(2)10-19-13-15(18,9-8-12(17)16(13)14)11-6-4-3-5-7-11/h3-7,13,18H,8-10H2,1-2H3. The van der Waals surface area contributed by atoms with Gasteiger partial charge in [0.1, 0.15) is 5.60 Å². The Labute approximate surface area is 113 Å². The summed E-state index contributed by atoms with van der Waals surface area (Å²) in [7, 11) is 0. The Morgan fingerprint density at radius 1 is 1.32 bits per heavy atom. The van der Waals surface area contributed by atoms with Crippen LogP contribution in [0.25, 0.3) is 0 Å². The van der Waals surface area contributed by atoms with E-state index in [1.807, 2.05) is 44.2 Å². The first-order chi connectivity index (χ1) is 8.95. The van der Waals surface area contributed by atoms with Crippen LogP contribution < -0.4 is 0 Å². The van der Waals surface area contributed by atoms with Crippen molar-refractivity contribution in [1.82, 2.24) is 4.90 Å². The van der Waals surface area contributed by atoms with Gasteiger partial charge in [-0.05, 0) is 25.8 Å². The summed E-state index contributed by atoms with van der Waals surface area (Å²) < 4.78 is 5.77. The molecular formula is C15H19NO3. The molecule has 2 aliphatic rings. The van der Waals surface area contributed by atoms with Gasteiger partial charge in [0.15, 0.2) is 6.23 Å². The fraction of sp³-hybridized carbons (Fsp3) is 0.533. The first-order valence-corrected chi connectivity index (χ1v) is 6.67. The van der Waals surface area contributed by atoms with Crippen LogP contribution in [0, 0.1) is 0 Å². The molecule has 2 fully saturated rings. The molecule has 1 amide bonds. The monoisotopic (exact) mass is 261 g/mol. The maximum absolute atomic E-state index is 12.1. The summed E-state index contributed by atoms with van der Waals surface area (Å²) >= 11 is 0. The summed E-state index contributed by atoms with van der Waals surface area (Å²) in [6, 6.07) is 9.49. The third kappa shape index (κ3) is 1.78. The highest BCUT2D eigenvalue weighted by atomic mass is 16.5. The van der Waals surface area contributed by atoms with Crippen molar-refractivity contribution in [1.29, 1.82) is 0 Å². The van der Waals surface area contributed by atoms with E-state index in [2.05, 4.69) is 0 Å². The van der Waals surface area contributed by atoms with Gasteiger partial charge in [0.05, 0.1) is 12.1 Å². The molecule has 3 rings (SSSR count). The molecular weight excluding hydrogens is 242 g/mol. The number of fused-ring (bicyclic) bond motifs is 1. The molecule has 2 saturated heterocycles. The lowest BCUT2D eigenvalue weighted by Gasteiger charge is -2.45. The number of benzene rings is 1. The van der Waals surface area contributed by atoms with Gasteiger partial charge in [0.25, 0.3) is 0 Å². The molecule has 2 aliphatic heterocycles. The van der Waals surface area contributed by atoms with Crippen LogP contribution in [0.4, 0.5) is 0 Å². The normalized spacial score (nSPS) is 33.3. The number of nitrogens with zero attached hydrogens (tertiary/aromatic N) is 1. The van der Waals surface area contributed by atoms with Gasteiger partial charge in [-0.1, -0.05) is 30.3 Å². The molecule has 1 aromatic carbocycles. The second-order valence-corrected chi connectivity index (χ2v) is 6.03. The average molecular weight is 261 g/mol. The quantitative estimate of drug-likeness (QED) is 0.836. The number of amides is 1. The molecule has 0 bridgehead atoms. The van der Waals surface area contributed by atoms with E-state index < -0.39 is 11.8 Å². The number of aliphatic hydroxyl groups is 1. The molecule has 4 nitrogen and oxygen atoms in total. The van der Waals surface area contributed by atoms with E-state index in [-0.39, 0.29) is 11.4 Å². The van der Waals surface area contributed by atoms with E-state index >= 15 is 0 Å². The van der Waals surface area contributed by atoms with E-state index in [0.717, 1.165) is 5.56 Å². The number of rotatable bonds is 1. The van der Waals surface area contributed by atoms with E-state index in [9.17, 15) is 9.90 Å². The van der Waals surface area contributed by atoms with E-state index in [1.165, 1.54) is 0 Å². The molecule has 102 valence electrons. The summed E-state index contributed by atoms with van der Waals surface area (Å²) in [6.07, 6.45) is 0.188. The first-order valence-electron chi connectivity index (χ1n) is 6.67. The molecule has 2 atom stereocenters. The minimum absolute atomic E-state index is 0.0631. The molecule has 19 heavy (non-hydrogen) atoms. The highest BCUT2D eigenvalue weighted by Gasteiger charge is 2.56. The summed E-state index contributed by atoms with van der Waals surface area (Å²) in [5, 5.41) is 11.0. The summed E-state index contributed by atoms with van der Waals surface area (Å²) in [5.74, 6) is 0.0631. The number of carbonyl (C=O) groups excluding carboxylic acids is 1. The number of hydrogen-bond acceptors (Lipinski definition) is 3. The fourth-order valence-electron chi connectivity index (χ4n) is 3.12. The molecule has 1 aromatic rings. The molecule has 0 aliphatic carbocycles. The Kier molecular flexibility index (Phi) is 2.69. The van der Waals surface area contributed by atoms with Crippen LogP contribution in [0.3, 0.4) is 0 Å². The van der Waals surface area contributed by atoms with Gasteiger partial charge in [0.2, 0.25) is 5.91 Å². The van der Waals surface area contributed by atoms with Crippen LogP contribution in [-0.4, -0.2) is 34.3 Å². The predicted octanol–water partition coefficient (Wildman–Crippen LogP) is 1.63. The van der Waals surface area contributed by atoms with Gasteiger partial charge in [0, 0.05) is 6.42 Å². The maximum atomic E-state index is 12.1. The van der Waals surface area contributed by atoms with E-state index in [0.29, 0.717) is 19.4 Å². The van der Waals surface area contributed by atoms with E-state index in [4.69, 9.17) is 4.74 Å². The lowest BCUT2D eigenvalue weighted by atomic mass is 9.82. The van der Waals surface area contributed by atoms with E-state index in [1.54, 1.807) is 4.90 Å². The Hall–Kier alpha value is -1.39. The van der Waals surface area contributed by atoms with Crippen LogP contribution >= 0.6 is 0 Å². The highest BCUT2D eigenvalue weighted by molar-refractivity contribution is 5.79. The number of ether oxygens (including phenoxy) is 1. The Bertz CT molecular complexity index is 499. The molecule has 0 aromatic heterocycles. The molecule has 2 unspecified atom stereocenters. The molecule has 0 saturated carbocycles. The minimum atomic E-state index is -1.11. The number of carbonyl (C=O) groups is 1. The van der Waals surface area contributed by atoms with Crippen LogP contribution in [0.2, 0.25) is 0 Å². The zero-order chi connectivity index (χ0) is 13.7. The van der Waals surface area contributed by atoms with Gasteiger partial charge in [-0.25, -0.2) is 0 Å². The van der Waals surface area contributed by atoms with Gasteiger partial charge in [-0.3, -0.25) is 4.79 Å². The van der Waals surface area contributed by atoms with Crippen molar-refractivity contribution in [3.8, 4) is 0 Å². The molecule has 0 radical (unpaired) electrons. The van der Waals surface area contributed by atoms with Crippen molar-refractivity contribution < 1.29 is 14.6 Å². The van der Waals surface area contributed by atoms with Crippen molar-refractivity contribution >= 4 is 5.91 Å². The summed E-state index contributed by atoms with van der Waals surface area (Å²) in [6.45, 7) is 4.40. The first kappa shape index (κ1) is 12.6. The summed E-state index contributed by atoms with van der Waals surface area (Å²) in [4.78, 5) is 13.9. The molecule has 4 heteroatoms. The molecule has 1 N–H and O–H groups in total. The lowest BCUT2D eigenvalue weighted by Crippen LogP contribution is -2.59. The van der Waals surface area contributed by atoms with Gasteiger partial charge in [-0.15, -0.1) is 0 Å². The minimum Gasteiger partial charge on any atom is -0.380 e. The predicted molar refractivity (Wildman–Crippen MR) is 70.2 cm³/mol. The second-order valence-electron chi connectivity index (χ2n) is 6.03. The molecule has 2 heterocycles. The summed E-state index contributed by atoms with van der Waals surface area (Å²) in [5.41, 5.74) is -0.649. The van der Waals surface area contributed by atoms with Crippen molar-refractivity contribution in [2.75, 3.05) is 6.61 Å². The highest BCUT2D eigenvalue weighted by Crippen LogP contribution is 2.44. The molecule has 0 spiro atoms. The largest absolute Gasteiger partial charge is 0.380 e. The van der Waals surface area contributed by atoms with Gasteiger partial charge in [-0.2, -0.15) is 0 Å². The number of hydrogen-bond donors (Lipinski definition) is 1. The van der Waals surface area contributed by atoms with Crippen LogP contribution in [0.15, 0.2) is 30.3 Å². The van der Waals surface area contributed by atoms with Gasteiger partial charge < -0.3 is 14.7 Å². The van der Waals surface area contributed by atoms with Crippen molar-refractivity contribution in [2.24, 2.45) is 0 Å². The second kappa shape index (κ2) is 4.05. The Morgan fingerprint density at radius 3 is 2.68 bits per heavy atom.